The summed E-state index contributed by atoms with van der Waals surface area (Å²) in [5.41, 5.74) is 7.77. The van der Waals surface area contributed by atoms with Crippen LogP contribution in [0, 0.1) is 5.41 Å². The lowest BCUT2D eigenvalue weighted by Crippen LogP contribution is -2.45. The van der Waals surface area contributed by atoms with E-state index < -0.39 is 6.04 Å². The molecule has 0 aliphatic carbocycles. The lowest BCUT2D eigenvalue weighted by atomic mass is 9.87. The van der Waals surface area contributed by atoms with Crippen molar-refractivity contribution >= 4 is 11.6 Å². The molecule has 1 atom stereocenters. The third kappa shape index (κ3) is 4.15. The minimum Gasteiger partial charge on any atom is -0.325 e. The van der Waals surface area contributed by atoms with Gasteiger partial charge in [0.05, 0.1) is 6.04 Å². The fourth-order valence-electron chi connectivity index (χ4n) is 1.66. The predicted molar refractivity (Wildman–Crippen MR) is 76.5 cm³/mol. The van der Waals surface area contributed by atoms with Crippen molar-refractivity contribution < 1.29 is 4.79 Å². The highest BCUT2D eigenvalue weighted by molar-refractivity contribution is 5.95. The van der Waals surface area contributed by atoms with Crippen LogP contribution in [0.2, 0.25) is 0 Å². The molecule has 0 saturated heterocycles. The standard InChI is InChI=1S/C15H24N2O/c1-5-6-11-7-9-12(10-8-11)17-14(18)13(16)15(2,3)4/h7-10,13H,5-6,16H2,1-4H3,(H,17,18). The van der Waals surface area contributed by atoms with Crippen molar-refractivity contribution in [3.05, 3.63) is 29.8 Å². The van der Waals surface area contributed by atoms with Crippen LogP contribution < -0.4 is 11.1 Å². The number of hydrogen-bond acceptors (Lipinski definition) is 2. The van der Waals surface area contributed by atoms with Gasteiger partial charge in [0, 0.05) is 5.69 Å². The molecule has 3 nitrogen and oxygen atoms in total. The first-order valence-electron chi connectivity index (χ1n) is 6.50. The Morgan fingerprint density at radius 1 is 1.28 bits per heavy atom. The minimum atomic E-state index is -0.507. The van der Waals surface area contributed by atoms with Crippen LogP contribution in [-0.4, -0.2) is 11.9 Å². The molecule has 3 heteroatoms. The van der Waals surface area contributed by atoms with Crippen molar-refractivity contribution in [2.75, 3.05) is 5.32 Å². The summed E-state index contributed by atoms with van der Waals surface area (Å²) in [6.45, 7) is 8.03. The molecule has 1 amide bonds. The summed E-state index contributed by atoms with van der Waals surface area (Å²) in [7, 11) is 0. The Morgan fingerprint density at radius 3 is 2.28 bits per heavy atom. The van der Waals surface area contributed by atoms with Gasteiger partial charge >= 0.3 is 0 Å². The van der Waals surface area contributed by atoms with Crippen molar-refractivity contribution in [3.8, 4) is 0 Å². The summed E-state index contributed by atoms with van der Waals surface area (Å²) < 4.78 is 0. The summed E-state index contributed by atoms with van der Waals surface area (Å²) in [5.74, 6) is -0.134. The number of rotatable bonds is 4. The fraction of sp³-hybridized carbons (Fsp3) is 0.533. The fourth-order valence-corrected chi connectivity index (χ4v) is 1.66. The molecular formula is C15H24N2O. The molecule has 0 heterocycles. The van der Waals surface area contributed by atoms with Crippen LogP contribution in [0.5, 0.6) is 0 Å². The molecule has 1 unspecified atom stereocenters. The van der Waals surface area contributed by atoms with Gasteiger partial charge in [-0.15, -0.1) is 0 Å². The zero-order valence-corrected chi connectivity index (χ0v) is 11.8. The molecule has 3 N–H and O–H groups in total. The third-order valence-electron chi connectivity index (χ3n) is 2.98. The molecular weight excluding hydrogens is 224 g/mol. The van der Waals surface area contributed by atoms with E-state index in [9.17, 15) is 4.79 Å². The van der Waals surface area contributed by atoms with E-state index in [0.717, 1.165) is 18.5 Å². The summed E-state index contributed by atoms with van der Waals surface area (Å²) in [5, 5.41) is 2.85. The lowest BCUT2D eigenvalue weighted by molar-refractivity contribution is -0.119. The molecule has 0 saturated carbocycles. The molecule has 0 spiro atoms. The van der Waals surface area contributed by atoms with Gasteiger partial charge in [-0.2, -0.15) is 0 Å². The maximum Gasteiger partial charge on any atom is 0.241 e. The Kier molecular flexibility index (Phi) is 4.91. The van der Waals surface area contributed by atoms with E-state index >= 15 is 0 Å². The Bertz CT molecular complexity index is 390. The van der Waals surface area contributed by atoms with Gasteiger partial charge in [-0.25, -0.2) is 0 Å². The highest BCUT2D eigenvalue weighted by Gasteiger charge is 2.27. The first-order chi connectivity index (χ1) is 8.34. The average Bonchev–Trinajstić information content (AvgIpc) is 2.30. The molecule has 0 aliphatic heterocycles. The zero-order valence-electron chi connectivity index (χ0n) is 11.8. The highest BCUT2D eigenvalue weighted by Crippen LogP contribution is 2.19. The van der Waals surface area contributed by atoms with E-state index in [0.29, 0.717) is 0 Å². The van der Waals surface area contributed by atoms with Gasteiger partial charge in [-0.1, -0.05) is 46.2 Å². The topological polar surface area (TPSA) is 55.1 Å². The van der Waals surface area contributed by atoms with Crippen molar-refractivity contribution in [1.82, 2.24) is 0 Å². The largest absolute Gasteiger partial charge is 0.325 e. The van der Waals surface area contributed by atoms with E-state index in [1.165, 1.54) is 5.56 Å². The maximum atomic E-state index is 11.9. The number of anilines is 1. The highest BCUT2D eigenvalue weighted by atomic mass is 16.2. The smallest absolute Gasteiger partial charge is 0.241 e. The zero-order chi connectivity index (χ0) is 13.8. The lowest BCUT2D eigenvalue weighted by Gasteiger charge is -2.25. The number of amides is 1. The predicted octanol–water partition coefficient (Wildman–Crippen LogP) is 2.95. The molecule has 1 aromatic rings. The Morgan fingerprint density at radius 2 is 1.83 bits per heavy atom. The van der Waals surface area contributed by atoms with E-state index in [4.69, 9.17) is 5.73 Å². The van der Waals surface area contributed by atoms with Gasteiger partial charge in [0.25, 0.3) is 0 Å². The summed E-state index contributed by atoms with van der Waals surface area (Å²) in [6, 6.07) is 7.44. The summed E-state index contributed by atoms with van der Waals surface area (Å²) in [6.07, 6.45) is 2.19. The SMILES string of the molecule is CCCc1ccc(NC(=O)C(N)C(C)(C)C)cc1. The summed E-state index contributed by atoms with van der Waals surface area (Å²) >= 11 is 0. The van der Waals surface area contributed by atoms with Crippen molar-refractivity contribution in [3.63, 3.8) is 0 Å². The second-order valence-corrected chi connectivity index (χ2v) is 5.78. The van der Waals surface area contributed by atoms with Crippen molar-refractivity contribution in [2.45, 2.75) is 46.6 Å². The minimum absolute atomic E-state index is 0.134. The van der Waals surface area contributed by atoms with Gasteiger partial charge in [-0.05, 0) is 29.5 Å². The molecule has 0 aromatic heterocycles. The van der Waals surface area contributed by atoms with Crippen molar-refractivity contribution in [1.29, 1.82) is 0 Å². The second kappa shape index (κ2) is 6.01. The van der Waals surface area contributed by atoms with E-state index in [1.54, 1.807) is 0 Å². The summed E-state index contributed by atoms with van der Waals surface area (Å²) in [4.78, 5) is 11.9. The van der Waals surface area contributed by atoms with Crippen LogP contribution in [0.1, 0.15) is 39.7 Å². The average molecular weight is 248 g/mol. The number of nitrogens with two attached hydrogens (primary N) is 1. The number of hydrogen-bond donors (Lipinski definition) is 2. The second-order valence-electron chi connectivity index (χ2n) is 5.78. The normalized spacial score (nSPS) is 13.2. The van der Waals surface area contributed by atoms with Gasteiger partial charge in [0.1, 0.15) is 0 Å². The maximum absolute atomic E-state index is 11.9. The molecule has 1 rings (SSSR count). The van der Waals surface area contributed by atoms with E-state index in [-0.39, 0.29) is 11.3 Å². The number of nitrogens with one attached hydrogen (secondary N) is 1. The molecule has 0 radical (unpaired) electrons. The Balaban J connectivity index is 2.65. The molecule has 1 aromatic carbocycles. The molecule has 100 valence electrons. The van der Waals surface area contributed by atoms with Gasteiger partial charge in [-0.3, -0.25) is 4.79 Å². The Hall–Kier alpha value is -1.35. The molecule has 18 heavy (non-hydrogen) atoms. The van der Waals surface area contributed by atoms with Crippen LogP contribution in [0.15, 0.2) is 24.3 Å². The van der Waals surface area contributed by atoms with E-state index in [2.05, 4.69) is 12.2 Å². The van der Waals surface area contributed by atoms with Crippen LogP contribution in [0.3, 0.4) is 0 Å². The molecule has 0 bridgehead atoms. The van der Waals surface area contributed by atoms with E-state index in [1.807, 2.05) is 45.0 Å². The number of carbonyl (C=O) groups is 1. The Labute approximate surface area is 110 Å². The number of aryl methyl sites for hydroxylation is 1. The monoisotopic (exact) mass is 248 g/mol. The van der Waals surface area contributed by atoms with Gasteiger partial charge in [0.2, 0.25) is 5.91 Å². The quantitative estimate of drug-likeness (QED) is 0.860. The van der Waals surface area contributed by atoms with Crippen LogP contribution >= 0.6 is 0 Å². The first kappa shape index (κ1) is 14.7. The van der Waals surface area contributed by atoms with Crippen LogP contribution in [-0.2, 0) is 11.2 Å². The molecule has 0 fully saturated rings. The third-order valence-corrected chi connectivity index (χ3v) is 2.98. The molecule has 0 aliphatic rings. The number of benzene rings is 1. The number of carbonyl (C=O) groups excluding carboxylic acids is 1. The first-order valence-corrected chi connectivity index (χ1v) is 6.50. The van der Waals surface area contributed by atoms with Gasteiger partial charge < -0.3 is 11.1 Å². The van der Waals surface area contributed by atoms with Crippen LogP contribution in [0.4, 0.5) is 5.69 Å². The van der Waals surface area contributed by atoms with Crippen molar-refractivity contribution in [2.24, 2.45) is 11.1 Å². The van der Waals surface area contributed by atoms with Crippen LogP contribution in [0.25, 0.3) is 0 Å². The van der Waals surface area contributed by atoms with Gasteiger partial charge in [0.15, 0.2) is 0 Å².